The second-order valence-electron chi connectivity index (χ2n) is 5.77. The van der Waals surface area contributed by atoms with E-state index < -0.39 is 0 Å². The number of hydrogen-bond donors (Lipinski definition) is 1. The number of para-hydroxylation sites is 1. The fraction of sp³-hybridized carbons (Fsp3) is 0.250. The van der Waals surface area contributed by atoms with Crippen molar-refractivity contribution in [3.8, 4) is 17.2 Å². The molecule has 0 unspecified atom stereocenters. The second-order valence-corrected chi connectivity index (χ2v) is 8.62. The normalized spacial score (nSPS) is 10.5. The molecule has 3 aromatic rings. The molecule has 1 amide bonds. The molecule has 0 fully saturated rings. The van der Waals surface area contributed by atoms with Crippen LogP contribution in [-0.4, -0.2) is 41.2 Å². The quantitative estimate of drug-likeness (QED) is 0.283. The van der Waals surface area contributed by atoms with Gasteiger partial charge < -0.3 is 14.8 Å². The van der Waals surface area contributed by atoms with E-state index >= 15 is 0 Å². The number of carbonyl (C=O) groups is 1. The van der Waals surface area contributed by atoms with Crippen LogP contribution in [0.1, 0.15) is 6.92 Å². The molecule has 1 heterocycles. The first kappa shape index (κ1) is 21.4. The summed E-state index contributed by atoms with van der Waals surface area (Å²) in [5, 5.41) is 7.33. The van der Waals surface area contributed by atoms with Gasteiger partial charge in [0.25, 0.3) is 0 Å². The molecule has 2 aromatic carbocycles. The Labute approximate surface area is 182 Å². The van der Waals surface area contributed by atoms with Gasteiger partial charge in [0.05, 0.1) is 24.6 Å². The van der Waals surface area contributed by atoms with E-state index in [9.17, 15) is 4.79 Å². The summed E-state index contributed by atoms with van der Waals surface area (Å²) in [6.07, 6.45) is 0. The zero-order valence-electron chi connectivity index (χ0n) is 15.9. The van der Waals surface area contributed by atoms with Crippen molar-refractivity contribution in [3.63, 3.8) is 0 Å². The highest BCUT2D eigenvalue weighted by molar-refractivity contribution is 8.01. The Morgan fingerprint density at radius 1 is 1.14 bits per heavy atom. The van der Waals surface area contributed by atoms with Gasteiger partial charge in [0.15, 0.2) is 8.29 Å². The zero-order chi connectivity index (χ0) is 20.5. The molecule has 0 aliphatic heterocycles. The number of carbonyl (C=O) groups excluding carboxylic acids is 1. The Morgan fingerprint density at radius 2 is 1.83 bits per heavy atom. The molecule has 152 valence electrons. The fourth-order valence-corrected chi connectivity index (χ4v) is 4.58. The summed E-state index contributed by atoms with van der Waals surface area (Å²) in [7, 11) is 0. The molecular weight excluding hydrogens is 426 g/mol. The van der Waals surface area contributed by atoms with Gasteiger partial charge in [-0.3, -0.25) is 4.79 Å². The van der Waals surface area contributed by atoms with E-state index in [0.717, 1.165) is 21.5 Å². The summed E-state index contributed by atoms with van der Waals surface area (Å²) in [6.45, 7) is 3.40. The first-order chi connectivity index (χ1) is 14.2. The third-order valence-electron chi connectivity index (χ3n) is 3.68. The predicted molar refractivity (Wildman–Crippen MR) is 119 cm³/mol. The fourth-order valence-electron chi connectivity index (χ4n) is 2.39. The van der Waals surface area contributed by atoms with E-state index in [2.05, 4.69) is 10.4 Å². The maximum absolute atomic E-state index is 12.0. The average Bonchev–Trinajstić information content (AvgIpc) is 3.12. The lowest BCUT2D eigenvalue weighted by Gasteiger charge is -2.08. The number of aromatic nitrogens is 2. The topological polar surface area (TPSA) is 65.4 Å². The number of benzene rings is 2. The number of nitrogens with one attached hydrogen (secondary N) is 1. The lowest BCUT2D eigenvalue weighted by atomic mass is 10.3. The number of thioether (sulfide) groups is 1. The standard InChI is InChI=1S/C20H21N3O3S3/c1-2-25-16-8-10-17(11-9-16)26-13-12-21-18(24)14-28-19-22-23(20(27)29-19)15-6-4-3-5-7-15/h3-11H,2,12-14H2,1H3,(H,21,24). The number of ether oxygens (including phenoxy) is 2. The van der Waals surface area contributed by atoms with Crippen molar-refractivity contribution in [1.29, 1.82) is 0 Å². The maximum Gasteiger partial charge on any atom is 0.230 e. The highest BCUT2D eigenvalue weighted by Gasteiger charge is 2.09. The third kappa shape index (κ3) is 6.59. The van der Waals surface area contributed by atoms with Crippen LogP contribution < -0.4 is 14.8 Å². The lowest BCUT2D eigenvalue weighted by Crippen LogP contribution is -2.29. The van der Waals surface area contributed by atoms with Crippen LogP contribution in [-0.2, 0) is 4.79 Å². The molecule has 1 N–H and O–H groups in total. The van der Waals surface area contributed by atoms with Crippen LogP contribution in [0.4, 0.5) is 0 Å². The van der Waals surface area contributed by atoms with Crippen LogP contribution in [0.25, 0.3) is 5.69 Å². The Balaban J connectivity index is 1.39. The van der Waals surface area contributed by atoms with Gasteiger partial charge in [-0.2, -0.15) is 0 Å². The molecule has 0 aliphatic rings. The largest absolute Gasteiger partial charge is 0.494 e. The van der Waals surface area contributed by atoms with Gasteiger partial charge in [-0.05, 0) is 55.5 Å². The van der Waals surface area contributed by atoms with Crippen molar-refractivity contribution in [3.05, 3.63) is 58.6 Å². The van der Waals surface area contributed by atoms with Crippen LogP contribution in [0.3, 0.4) is 0 Å². The maximum atomic E-state index is 12.0. The summed E-state index contributed by atoms with van der Waals surface area (Å²) in [6, 6.07) is 17.1. The molecule has 0 saturated heterocycles. The average molecular weight is 448 g/mol. The summed E-state index contributed by atoms with van der Waals surface area (Å²) in [5.41, 5.74) is 0.913. The van der Waals surface area contributed by atoms with Gasteiger partial charge >= 0.3 is 0 Å². The molecule has 0 atom stereocenters. The SMILES string of the molecule is CCOc1ccc(OCCNC(=O)CSc2nn(-c3ccccc3)c(=S)s2)cc1. The molecule has 6 nitrogen and oxygen atoms in total. The smallest absolute Gasteiger partial charge is 0.230 e. The molecule has 29 heavy (non-hydrogen) atoms. The Kier molecular flexibility index (Phi) is 8.09. The summed E-state index contributed by atoms with van der Waals surface area (Å²) in [4.78, 5) is 12.0. The second kappa shape index (κ2) is 11.0. The number of nitrogens with zero attached hydrogens (tertiary/aromatic N) is 2. The van der Waals surface area contributed by atoms with E-state index in [1.165, 1.54) is 23.1 Å². The summed E-state index contributed by atoms with van der Waals surface area (Å²) in [5.74, 6) is 1.75. The van der Waals surface area contributed by atoms with Crippen molar-refractivity contribution in [1.82, 2.24) is 15.1 Å². The lowest BCUT2D eigenvalue weighted by molar-refractivity contribution is -0.118. The molecule has 0 spiro atoms. The van der Waals surface area contributed by atoms with Crippen LogP contribution in [0.5, 0.6) is 11.5 Å². The highest BCUT2D eigenvalue weighted by Crippen LogP contribution is 2.23. The molecule has 3 rings (SSSR count). The van der Waals surface area contributed by atoms with Gasteiger partial charge in [-0.1, -0.05) is 41.3 Å². The Morgan fingerprint density at radius 3 is 2.52 bits per heavy atom. The van der Waals surface area contributed by atoms with Crippen molar-refractivity contribution < 1.29 is 14.3 Å². The minimum atomic E-state index is -0.0716. The molecular formula is C20H21N3O3S3. The number of amides is 1. The Hall–Kier alpha value is -2.36. The molecule has 0 aliphatic carbocycles. The van der Waals surface area contributed by atoms with E-state index in [4.69, 9.17) is 21.7 Å². The molecule has 0 radical (unpaired) electrons. The summed E-state index contributed by atoms with van der Waals surface area (Å²) < 4.78 is 14.1. The van der Waals surface area contributed by atoms with Crippen LogP contribution in [0, 0.1) is 3.95 Å². The van der Waals surface area contributed by atoms with Crippen molar-refractivity contribution >= 4 is 41.2 Å². The van der Waals surface area contributed by atoms with Gasteiger partial charge in [0, 0.05) is 0 Å². The minimum absolute atomic E-state index is 0.0716. The summed E-state index contributed by atoms with van der Waals surface area (Å²) >= 11 is 8.14. The van der Waals surface area contributed by atoms with E-state index in [1.54, 1.807) is 4.68 Å². The molecule has 1 aromatic heterocycles. The van der Waals surface area contributed by atoms with Crippen molar-refractivity contribution in [2.75, 3.05) is 25.5 Å². The van der Waals surface area contributed by atoms with Gasteiger partial charge in [0.1, 0.15) is 18.1 Å². The van der Waals surface area contributed by atoms with Crippen LogP contribution in [0.2, 0.25) is 0 Å². The number of rotatable bonds is 10. The van der Waals surface area contributed by atoms with Crippen LogP contribution >= 0.6 is 35.3 Å². The van der Waals surface area contributed by atoms with Crippen LogP contribution in [0.15, 0.2) is 58.9 Å². The van der Waals surface area contributed by atoms with Crippen molar-refractivity contribution in [2.45, 2.75) is 11.3 Å². The van der Waals surface area contributed by atoms with E-state index in [-0.39, 0.29) is 11.7 Å². The highest BCUT2D eigenvalue weighted by atomic mass is 32.2. The van der Waals surface area contributed by atoms with Gasteiger partial charge in [-0.25, -0.2) is 4.68 Å². The van der Waals surface area contributed by atoms with Gasteiger partial charge in [0.2, 0.25) is 5.91 Å². The number of hydrogen-bond acceptors (Lipinski definition) is 7. The molecule has 0 saturated carbocycles. The van der Waals surface area contributed by atoms with Crippen molar-refractivity contribution in [2.24, 2.45) is 0 Å². The zero-order valence-corrected chi connectivity index (χ0v) is 18.3. The minimum Gasteiger partial charge on any atom is -0.494 e. The predicted octanol–water partition coefficient (Wildman–Crippen LogP) is 4.35. The van der Waals surface area contributed by atoms with E-state index in [0.29, 0.717) is 23.7 Å². The Bertz CT molecular complexity index is 972. The molecule has 9 heteroatoms. The van der Waals surface area contributed by atoms with Gasteiger partial charge in [-0.15, -0.1) is 5.10 Å². The third-order valence-corrected chi connectivity index (χ3v) is 6.05. The molecule has 0 bridgehead atoms. The van der Waals surface area contributed by atoms with E-state index in [1.807, 2.05) is 61.5 Å². The monoisotopic (exact) mass is 447 g/mol. The first-order valence-corrected chi connectivity index (χ1v) is 11.3. The first-order valence-electron chi connectivity index (χ1n) is 9.06.